The zero-order chi connectivity index (χ0) is 14.5. The van der Waals surface area contributed by atoms with E-state index in [2.05, 4.69) is 16.0 Å². The first-order chi connectivity index (χ1) is 9.56. The first kappa shape index (κ1) is 17.5. The van der Waals surface area contributed by atoms with Crippen LogP contribution in [0.15, 0.2) is 18.2 Å². The SMILES string of the molecule is CC(=O)Nc1ccc(C)c(NC(=O)C2CCCCN2)c1.Cl. The average molecular weight is 312 g/mol. The molecule has 1 heterocycles. The molecule has 6 heteroatoms. The topological polar surface area (TPSA) is 70.2 Å². The van der Waals surface area contributed by atoms with Crippen molar-refractivity contribution in [1.82, 2.24) is 5.32 Å². The number of nitrogens with one attached hydrogen (secondary N) is 3. The Hall–Kier alpha value is -1.59. The van der Waals surface area contributed by atoms with Gasteiger partial charge >= 0.3 is 0 Å². The van der Waals surface area contributed by atoms with Gasteiger partial charge in [-0.1, -0.05) is 12.5 Å². The minimum Gasteiger partial charge on any atom is -0.326 e. The number of benzene rings is 1. The second-order valence-corrected chi connectivity index (χ2v) is 5.20. The van der Waals surface area contributed by atoms with Crippen molar-refractivity contribution in [2.24, 2.45) is 0 Å². The van der Waals surface area contributed by atoms with Crippen LogP contribution in [0.4, 0.5) is 11.4 Å². The number of aryl methyl sites for hydroxylation is 1. The molecule has 3 N–H and O–H groups in total. The summed E-state index contributed by atoms with van der Waals surface area (Å²) in [7, 11) is 0. The van der Waals surface area contributed by atoms with Gasteiger partial charge in [0.25, 0.3) is 0 Å². The average Bonchev–Trinajstić information content (AvgIpc) is 2.43. The van der Waals surface area contributed by atoms with Gasteiger partial charge in [0.05, 0.1) is 6.04 Å². The van der Waals surface area contributed by atoms with Crippen molar-refractivity contribution in [1.29, 1.82) is 0 Å². The van der Waals surface area contributed by atoms with E-state index in [1.54, 1.807) is 6.07 Å². The van der Waals surface area contributed by atoms with E-state index in [4.69, 9.17) is 0 Å². The number of amides is 2. The van der Waals surface area contributed by atoms with Crippen molar-refractivity contribution in [3.8, 4) is 0 Å². The molecule has 2 rings (SSSR count). The minimum absolute atomic E-state index is 0. The van der Waals surface area contributed by atoms with Crippen LogP contribution in [0.1, 0.15) is 31.7 Å². The number of hydrogen-bond donors (Lipinski definition) is 3. The molecule has 0 saturated carbocycles. The molecular formula is C15H22ClN3O2. The van der Waals surface area contributed by atoms with E-state index in [9.17, 15) is 9.59 Å². The lowest BCUT2D eigenvalue weighted by molar-refractivity contribution is -0.118. The van der Waals surface area contributed by atoms with Gasteiger partial charge in [-0.15, -0.1) is 12.4 Å². The standard InChI is InChI=1S/C15H21N3O2.ClH/c1-10-6-7-12(17-11(2)19)9-14(10)18-15(20)13-5-3-4-8-16-13;/h6-7,9,13,16H,3-5,8H2,1-2H3,(H,17,19)(H,18,20);1H. The molecule has 5 nitrogen and oxygen atoms in total. The lowest BCUT2D eigenvalue weighted by Crippen LogP contribution is -2.43. The second-order valence-electron chi connectivity index (χ2n) is 5.20. The van der Waals surface area contributed by atoms with Gasteiger partial charge in [-0.25, -0.2) is 0 Å². The van der Waals surface area contributed by atoms with Crippen LogP contribution in [0, 0.1) is 6.92 Å². The number of carbonyl (C=O) groups excluding carboxylic acids is 2. The van der Waals surface area contributed by atoms with Crippen molar-refractivity contribution in [3.63, 3.8) is 0 Å². The zero-order valence-corrected chi connectivity index (χ0v) is 13.2. The van der Waals surface area contributed by atoms with E-state index in [1.165, 1.54) is 6.92 Å². The third kappa shape index (κ3) is 5.02. The lowest BCUT2D eigenvalue weighted by Gasteiger charge is -2.23. The fraction of sp³-hybridized carbons (Fsp3) is 0.467. The van der Waals surface area contributed by atoms with Crippen LogP contribution in [0.5, 0.6) is 0 Å². The maximum Gasteiger partial charge on any atom is 0.241 e. The van der Waals surface area contributed by atoms with Gasteiger partial charge < -0.3 is 16.0 Å². The highest BCUT2D eigenvalue weighted by Gasteiger charge is 2.20. The van der Waals surface area contributed by atoms with Gasteiger partial charge in [-0.3, -0.25) is 9.59 Å². The van der Waals surface area contributed by atoms with E-state index in [-0.39, 0.29) is 30.3 Å². The Morgan fingerprint density at radius 1 is 1.24 bits per heavy atom. The van der Waals surface area contributed by atoms with Crippen LogP contribution >= 0.6 is 12.4 Å². The number of carbonyl (C=O) groups is 2. The largest absolute Gasteiger partial charge is 0.326 e. The number of hydrogen-bond acceptors (Lipinski definition) is 3. The maximum absolute atomic E-state index is 12.2. The summed E-state index contributed by atoms with van der Waals surface area (Å²) in [5, 5.41) is 8.88. The number of anilines is 2. The van der Waals surface area contributed by atoms with E-state index < -0.39 is 0 Å². The molecule has 1 aromatic carbocycles. The smallest absolute Gasteiger partial charge is 0.241 e. The van der Waals surface area contributed by atoms with Gasteiger partial charge in [-0.05, 0) is 44.0 Å². The van der Waals surface area contributed by atoms with Crippen LogP contribution in [0.25, 0.3) is 0 Å². The normalized spacial score (nSPS) is 17.5. The minimum atomic E-state index is -0.125. The maximum atomic E-state index is 12.2. The number of rotatable bonds is 3. The van der Waals surface area contributed by atoms with Gasteiger partial charge in [0.2, 0.25) is 11.8 Å². The van der Waals surface area contributed by atoms with Crippen molar-refractivity contribution >= 4 is 35.6 Å². The van der Waals surface area contributed by atoms with Crippen LogP contribution in [0.3, 0.4) is 0 Å². The monoisotopic (exact) mass is 311 g/mol. The molecule has 0 aromatic heterocycles. The molecule has 2 amide bonds. The van der Waals surface area contributed by atoms with Crippen LogP contribution in [-0.4, -0.2) is 24.4 Å². The molecule has 1 aliphatic heterocycles. The first-order valence-corrected chi connectivity index (χ1v) is 6.99. The molecule has 1 aromatic rings. The lowest BCUT2D eigenvalue weighted by atomic mass is 10.0. The molecule has 0 radical (unpaired) electrons. The summed E-state index contributed by atoms with van der Waals surface area (Å²) < 4.78 is 0. The summed E-state index contributed by atoms with van der Waals surface area (Å²) in [5.74, 6) is -0.132. The van der Waals surface area contributed by atoms with E-state index in [0.29, 0.717) is 5.69 Å². The number of piperidine rings is 1. The molecule has 1 saturated heterocycles. The Morgan fingerprint density at radius 2 is 2.00 bits per heavy atom. The zero-order valence-electron chi connectivity index (χ0n) is 12.4. The summed E-state index contributed by atoms with van der Waals surface area (Å²) in [4.78, 5) is 23.3. The summed E-state index contributed by atoms with van der Waals surface area (Å²) in [6, 6.07) is 5.38. The van der Waals surface area contributed by atoms with Crippen molar-refractivity contribution < 1.29 is 9.59 Å². The first-order valence-electron chi connectivity index (χ1n) is 6.99. The Morgan fingerprint density at radius 3 is 2.62 bits per heavy atom. The van der Waals surface area contributed by atoms with Crippen LogP contribution in [-0.2, 0) is 9.59 Å². The molecular weight excluding hydrogens is 290 g/mol. The van der Waals surface area contributed by atoms with E-state index in [0.717, 1.165) is 37.1 Å². The van der Waals surface area contributed by atoms with E-state index in [1.807, 2.05) is 19.1 Å². The van der Waals surface area contributed by atoms with Gasteiger partial charge in [-0.2, -0.15) is 0 Å². The van der Waals surface area contributed by atoms with Crippen molar-refractivity contribution in [2.75, 3.05) is 17.2 Å². The molecule has 1 atom stereocenters. The third-order valence-electron chi connectivity index (χ3n) is 3.44. The molecule has 1 aliphatic rings. The fourth-order valence-electron chi connectivity index (χ4n) is 2.33. The Kier molecular flexibility index (Phi) is 6.65. The fourth-order valence-corrected chi connectivity index (χ4v) is 2.33. The summed E-state index contributed by atoms with van der Waals surface area (Å²) in [6.45, 7) is 4.29. The van der Waals surface area contributed by atoms with Crippen LogP contribution < -0.4 is 16.0 Å². The van der Waals surface area contributed by atoms with Crippen molar-refractivity contribution in [3.05, 3.63) is 23.8 Å². The highest BCUT2D eigenvalue weighted by Crippen LogP contribution is 2.21. The van der Waals surface area contributed by atoms with Crippen LogP contribution in [0.2, 0.25) is 0 Å². The Bertz CT molecular complexity index is 514. The summed E-state index contributed by atoms with van der Waals surface area (Å²) in [5.41, 5.74) is 2.41. The summed E-state index contributed by atoms with van der Waals surface area (Å²) >= 11 is 0. The quantitative estimate of drug-likeness (QED) is 0.803. The predicted molar refractivity (Wildman–Crippen MR) is 87.0 cm³/mol. The number of halogens is 1. The van der Waals surface area contributed by atoms with Gasteiger partial charge in [0, 0.05) is 18.3 Å². The molecule has 1 unspecified atom stereocenters. The predicted octanol–water partition coefficient (Wildman–Crippen LogP) is 2.46. The molecule has 0 spiro atoms. The van der Waals surface area contributed by atoms with Crippen molar-refractivity contribution in [2.45, 2.75) is 39.2 Å². The molecule has 1 fully saturated rings. The van der Waals surface area contributed by atoms with E-state index >= 15 is 0 Å². The molecule has 21 heavy (non-hydrogen) atoms. The highest BCUT2D eigenvalue weighted by molar-refractivity contribution is 5.97. The Balaban J connectivity index is 0.00000220. The molecule has 0 aliphatic carbocycles. The third-order valence-corrected chi connectivity index (χ3v) is 3.44. The summed E-state index contributed by atoms with van der Waals surface area (Å²) in [6.07, 6.45) is 3.08. The molecule has 116 valence electrons. The second kappa shape index (κ2) is 8.00. The van der Waals surface area contributed by atoms with Gasteiger partial charge in [0.1, 0.15) is 0 Å². The highest BCUT2D eigenvalue weighted by atomic mass is 35.5. The molecule has 0 bridgehead atoms. The van der Waals surface area contributed by atoms with Gasteiger partial charge in [0.15, 0.2) is 0 Å². The Labute approximate surface area is 131 Å².